The summed E-state index contributed by atoms with van der Waals surface area (Å²) in [5.41, 5.74) is 0. The molecule has 1 fully saturated rings. The number of aryl methyl sites for hydroxylation is 1. The predicted octanol–water partition coefficient (Wildman–Crippen LogP) is 0.530. The van der Waals surface area contributed by atoms with Crippen LogP contribution in [0.5, 0.6) is 0 Å². The molecule has 1 aliphatic rings. The van der Waals surface area contributed by atoms with Crippen molar-refractivity contribution in [2.45, 2.75) is 32.9 Å². The lowest BCUT2D eigenvalue weighted by Crippen LogP contribution is -2.49. The fraction of sp³-hybridized carbons (Fsp3) is 0.769. The number of rotatable bonds is 6. The molecular weight excluding hydrogens is 272 g/mol. The number of hydrogen-bond acceptors (Lipinski definition) is 5. The molecule has 2 N–H and O–H groups in total. The Labute approximate surface area is 124 Å². The fourth-order valence-corrected chi connectivity index (χ4v) is 2.33. The zero-order valence-corrected chi connectivity index (χ0v) is 12.7. The van der Waals surface area contributed by atoms with Crippen molar-refractivity contribution in [3.8, 4) is 0 Å². The second-order valence-corrected chi connectivity index (χ2v) is 4.97. The van der Waals surface area contributed by atoms with Gasteiger partial charge in [0.05, 0.1) is 13.2 Å². The number of nitrogens with zero attached hydrogens (tertiary/aromatic N) is 4. The molecule has 2 amide bonds. The van der Waals surface area contributed by atoms with Crippen molar-refractivity contribution in [1.82, 2.24) is 25.0 Å². The second-order valence-electron chi connectivity index (χ2n) is 4.97. The SMILES string of the molecule is CC[C@H](CNC(=O)Nc1ncn(CC)n1)N1CCOCC1. The summed E-state index contributed by atoms with van der Waals surface area (Å²) in [6, 6.07) is 0.0661. The summed E-state index contributed by atoms with van der Waals surface area (Å²) in [4.78, 5) is 18.2. The molecule has 0 aromatic carbocycles. The molecule has 1 aromatic rings. The highest BCUT2D eigenvalue weighted by Crippen LogP contribution is 2.06. The van der Waals surface area contributed by atoms with E-state index >= 15 is 0 Å². The van der Waals surface area contributed by atoms with Gasteiger partial charge in [-0.05, 0) is 13.3 Å². The van der Waals surface area contributed by atoms with Crippen molar-refractivity contribution in [3.05, 3.63) is 6.33 Å². The molecule has 0 unspecified atom stereocenters. The van der Waals surface area contributed by atoms with E-state index in [9.17, 15) is 4.79 Å². The summed E-state index contributed by atoms with van der Waals surface area (Å²) in [6.45, 7) is 8.80. The lowest BCUT2D eigenvalue weighted by atomic mass is 10.2. The van der Waals surface area contributed by atoms with E-state index in [2.05, 4.69) is 32.5 Å². The number of carbonyl (C=O) groups is 1. The molecule has 1 saturated heterocycles. The number of nitrogens with one attached hydrogen (secondary N) is 2. The quantitative estimate of drug-likeness (QED) is 0.800. The number of amides is 2. The van der Waals surface area contributed by atoms with Gasteiger partial charge in [0.25, 0.3) is 0 Å². The van der Waals surface area contributed by atoms with Gasteiger partial charge in [-0.1, -0.05) is 6.92 Å². The van der Waals surface area contributed by atoms with Gasteiger partial charge in [0.15, 0.2) is 0 Å². The Bertz CT molecular complexity index is 444. The maximum absolute atomic E-state index is 11.9. The van der Waals surface area contributed by atoms with Crippen molar-refractivity contribution in [2.24, 2.45) is 0 Å². The topological polar surface area (TPSA) is 84.3 Å². The summed E-state index contributed by atoms with van der Waals surface area (Å²) in [7, 11) is 0. The first-order valence-corrected chi connectivity index (χ1v) is 7.49. The Morgan fingerprint density at radius 3 is 2.81 bits per heavy atom. The summed E-state index contributed by atoms with van der Waals surface area (Å²) >= 11 is 0. The average Bonchev–Trinajstić information content (AvgIpc) is 2.96. The van der Waals surface area contributed by atoms with Crippen molar-refractivity contribution < 1.29 is 9.53 Å². The molecule has 8 heteroatoms. The molecular formula is C13H24N6O2. The highest BCUT2D eigenvalue weighted by Gasteiger charge is 2.20. The first-order valence-electron chi connectivity index (χ1n) is 7.49. The van der Waals surface area contributed by atoms with Gasteiger partial charge in [-0.15, -0.1) is 5.10 Å². The average molecular weight is 296 g/mol. The van der Waals surface area contributed by atoms with Crippen LogP contribution in [0.25, 0.3) is 0 Å². The zero-order valence-electron chi connectivity index (χ0n) is 12.7. The highest BCUT2D eigenvalue weighted by molar-refractivity contribution is 5.87. The van der Waals surface area contributed by atoms with Crippen LogP contribution in [0.2, 0.25) is 0 Å². The van der Waals surface area contributed by atoms with Gasteiger partial charge in [-0.2, -0.15) is 0 Å². The minimum Gasteiger partial charge on any atom is -0.379 e. The van der Waals surface area contributed by atoms with Gasteiger partial charge in [-0.3, -0.25) is 14.9 Å². The predicted molar refractivity (Wildman–Crippen MR) is 79.2 cm³/mol. The largest absolute Gasteiger partial charge is 0.379 e. The van der Waals surface area contributed by atoms with Gasteiger partial charge in [-0.25, -0.2) is 9.78 Å². The molecule has 118 valence electrons. The van der Waals surface area contributed by atoms with Crippen LogP contribution in [0.15, 0.2) is 6.33 Å². The standard InChI is InChI=1S/C13H24N6O2/c1-3-11(18-5-7-21-8-6-18)9-14-13(20)16-12-15-10-19(4-2)17-12/h10-11H,3-9H2,1-2H3,(H2,14,16,17,20)/t11-/m1/s1. The Morgan fingerprint density at radius 2 is 2.19 bits per heavy atom. The number of urea groups is 1. The van der Waals surface area contributed by atoms with Crippen LogP contribution in [0.3, 0.4) is 0 Å². The lowest BCUT2D eigenvalue weighted by Gasteiger charge is -2.33. The van der Waals surface area contributed by atoms with Crippen molar-refractivity contribution in [1.29, 1.82) is 0 Å². The third-order valence-electron chi connectivity index (χ3n) is 3.62. The van der Waals surface area contributed by atoms with E-state index in [0.29, 0.717) is 18.5 Å². The Morgan fingerprint density at radius 1 is 1.43 bits per heavy atom. The van der Waals surface area contributed by atoms with Crippen LogP contribution < -0.4 is 10.6 Å². The van der Waals surface area contributed by atoms with Crippen molar-refractivity contribution >= 4 is 12.0 Å². The highest BCUT2D eigenvalue weighted by atomic mass is 16.5. The monoisotopic (exact) mass is 296 g/mol. The minimum atomic E-state index is -0.268. The summed E-state index contributed by atoms with van der Waals surface area (Å²) in [5, 5.41) is 9.64. The molecule has 0 bridgehead atoms. The molecule has 1 aliphatic heterocycles. The van der Waals surface area contributed by atoms with E-state index in [0.717, 1.165) is 39.3 Å². The first kappa shape index (κ1) is 15.7. The second kappa shape index (κ2) is 7.94. The van der Waals surface area contributed by atoms with Crippen LogP contribution in [-0.2, 0) is 11.3 Å². The molecule has 2 heterocycles. The summed E-state index contributed by atoms with van der Waals surface area (Å²) in [6.07, 6.45) is 2.58. The molecule has 21 heavy (non-hydrogen) atoms. The molecule has 2 rings (SSSR count). The zero-order chi connectivity index (χ0) is 15.1. The smallest absolute Gasteiger partial charge is 0.321 e. The lowest BCUT2D eigenvalue weighted by molar-refractivity contribution is 0.0165. The van der Waals surface area contributed by atoms with Gasteiger partial charge in [0, 0.05) is 32.2 Å². The summed E-state index contributed by atoms with van der Waals surface area (Å²) < 4.78 is 7.02. The molecule has 1 aromatic heterocycles. The maximum atomic E-state index is 11.9. The van der Waals surface area contributed by atoms with Crippen LogP contribution in [-0.4, -0.2) is 64.6 Å². The summed E-state index contributed by atoms with van der Waals surface area (Å²) in [5.74, 6) is 0.328. The number of aromatic nitrogens is 3. The molecule has 0 spiro atoms. The van der Waals surface area contributed by atoms with E-state index in [1.54, 1.807) is 11.0 Å². The van der Waals surface area contributed by atoms with Gasteiger partial charge >= 0.3 is 6.03 Å². The van der Waals surface area contributed by atoms with E-state index in [1.165, 1.54) is 0 Å². The number of carbonyl (C=O) groups excluding carboxylic acids is 1. The molecule has 0 aliphatic carbocycles. The van der Waals surface area contributed by atoms with Crippen LogP contribution >= 0.6 is 0 Å². The number of hydrogen-bond donors (Lipinski definition) is 2. The Balaban J connectivity index is 1.76. The van der Waals surface area contributed by atoms with Crippen LogP contribution in [0, 0.1) is 0 Å². The first-order chi connectivity index (χ1) is 10.2. The van der Waals surface area contributed by atoms with Crippen molar-refractivity contribution in [2.75, 3.05) is 38.2 Å². The van der Waals surface area contributed by atoms with E-state index in [-0.39, 0.29) is 6.03 Å². The molecule has 8 nitrogen and oxygen atoms in total. The third-order valence-corrected chi connectivity index (χ3v) is 3.62. The number of anilines is 1. The van der Waals surface area contributed by atoms with E-state index in [1.807, 2.05) is 6.92 Å². The van der Waals surface area contributed by atoms with E-state index < -0.39 is 0 Å². The van der Waals surface area contributed by atoms with Crippen LogP contribution in [0.4, 0.5) is 10.7 Å². The van der Waals surface area contributed by atoms with Crippen LogP contribution in [0.1, 0.15) is 20.3 Å². The number of morpholine rings is 1. The van der Waals surface area contributed by atoms with Gasteiger partial charge < -0.3 is 10.1 Å². The van der Waals surface area contributed by atoms with Gasteiger partial charge in [0.1, 0.15) is 6.33 Å². The Kier molecular flexibility index (Phi) is 5.94. The molecule has 0 radical (unpaired) electrons. The number of ether oxygens (including phenoxy) is 1. The van der Waals surface area contributed by atoms with E-state index in [4.69, 9.17) is 4.74 Å². The molecule has 1 atom stereocenters. The normalized spacial score (nSPS) is 17.4. The third kappa shape index (κ3) is 4.68. The molecule has 0 saturated carbocycles. The minimum absolute atomic E-state index is 0.268. The maximum Gasteiger partial charge on any atom is 0.321 e. The van der Waals surface area contributed by atoms with Crippen molar-refractivity contribution in [3.63, 3.8) is 0 Å². The Hall–Kier alpha value is -1.67. The fourth-order valence-electron chi connectivity index (χ4n) is 2.33. The van der Waals surface area contributed by atoms with Gasteiger partial charge in [0.2, 0.25) is 5.95 Å².